The van der Waals surface area contributed by atoms with Gasteiger partial charge < -0.3 is 15.0 Å². The van der Waals surface area contributed by atoms with Crippen LogP contribution in [0.15, 0.2) is 103 Å². The molecule has 1 N–H and O–H groups in total. The van der Waals surface area contributed by atoms with Crippen LogP contribution in [0.3, 0.4) is 0 Å². The SMILES string of the molecule is CC.CC.CC.CN1CC=CC1.CN1CCC(c2ccccc2)C1.COC1CC(c2ccccc2)CN1C.c1ccc(C2CCNC2)cc1. The summed E-state index contributed by atoms with van der Waals surface area (Å²) >= 11 is 0. The summed E-state index contributed by atoms with van der Waals surface area (Å²) in [5, 5.41) is 3.37. The minimum Gasteiger partial charge on any atom is -0.366 e. The molecule has 4 atom stereocenters. The van der Waals surface area contributed by atoms with Crippen molar-refractivity contribution in [2.45, 2.75) is 84.8 Å². The van der Waals surface area contributed by atoms with Crippen molar-refractivity contribution < 1.29 is 4.74 Å². The number of ether oxygens (including phenoxy) is 1. The van der Waals surface area contributed by atoms with Gasteiger partial charge in [-0.2, -0.15) is 0 Å². The molecule has 0 aliphatic carbocycles. The van der Waals surface area contributed by atoms with Crippen molar-refractivity contribution in [3.63, 3.8) is 0 Å². The van der Waals surface area contributed by atoms with Crippen molar-refractivity contribution >= 4 is 0 Å². The lowest BCUT2D eigenvalue weighted by molar-refractivity contribution is 0.0108. The molecule has 0 saturated carbocycles. The molecule has 0 bridgehead atoms. The molecule has 5 heteroatoms. The molecule has 0 spiro atoms. The largest absolute Gasteiger partial charge is 0.366 e. The maximum atomic E-state index is 5.40. The van der Waals surface area contributed by atoms with Crippen LogP contribution >= 0.6 is 0 Å². The Morgan fingerprint density at radius 2 is 1.04 bits per heavy atom. The topological polar surface area (TPSA) is 31.0 Å². The second-order valence-electron chi connectivity index (χ2n) is 12.4. The highest BCUT2D eigenvalue weighted by Gasteiger charge is 2.30. The van der Waals surface area contributed by atoms with E-state index in [0.29, 0.717) is 12.1 Å². The first-order chi connectivity index (χ1) is 24.0. The summed E-state index contributed by atoms with van der Waals surface area (Å²) in [5.74, 6) is 2.17. The van der Waals surface area contributed by atoms with Gasteiger partial charge >= 0.3 is 0 Å². The van der Waals surface area contributed by atoms with E-state index in [4.69, 9.17) is 4.74 Å². The fourth-order valence-corrected chi connectivity index (χ4v) is 6.39. The summed E-state index contributed by atoms with van der Waals surface area (Å²) in [6.07, 6.45) is 8.38. The lowest BCUT2D eigenvalue weighted by Crippen LogP contribution is -2.26. The molecule has 3 fully saturated rings. The molecule has 3 aromatic rings. The van der Waals surface area contributed by atoms with Crippen molar-refractivity contribution in [2.24, 2.45) is 0 Å². The van der Waals surface area contributed by atoms with Crippen molar-refractivity contribution in [3.05, 3.63) is 120 Å². The lowest BCUT2D eigenvalue weighted by atomic mass is 9.98. The van der Waals surface area contributed by atoms with Gasteiger partial charge in [-0.05, 0) is 82.0 Å². The Morgan fingerprint density at radius 3 is 1.39 bits per heavy atom. The predicted molar refractivity (Wildman–Crippen MR) is 216 cm³/mol. The molecule has 3 aromatic carbocycles. The van der Waals surface area contributed by atoms with Crippen LogP contribution in [0.2, 0.25) is 0 Å². The minimum absolute atomic E-state index is 0.292. The number of nitrogens with zero attached hydrogens (tertiary/aromatic N) is 3. The quantitative estimate of drug-likeness (QED) is 0.279. The Balaban J connectivity index is 0.000000318. The molecule has 3 saturated heterocycles. The predicted octanol–water partition coefficient (Wildman–Crippen LogP) is 9.51. The summed E-state index contributed by atoms with van der Waals surface area (Å²) in [5.41, 5.74) is 4.42. The Hall–Kier alpha value is -2.80. The number of rotatable bonds is 4. The molecule has 4 aliphatic rings. The highest BCUT2D eigenvalue weighted by Crippen LogP contribution is 2.30. The van der Waals surface area contributed by atoms with Gasteiger partial charge in [0.25, 0.3) is 0 Å². The van der Waals surface area contributed by atoms with E-state index in [1.165, 1.54) is 49.2 Å². The van der Waals surface area contributed by atoms with Gasteiger partial charge in [0.1, 0.15) is 6.23 Å². The van der Waals surface area contributed by atoms with Gasteiger partial charge in [-0.25, -0.2) is 0 Å². The molecular weight excluding hydrogens is 601 g/mol. The van der Waals surface area contributed by atoms with E-state index < -0.39 is 0 Å². The van der Waals surface area contributed by atoms with Gasteiger partial charge in [-0.3, -0.25) is 9.80 Å². The first-order valence-corrected chi connectivity index (χ1v) is 19.1. The highest BCUT2D eigenvalue weighted by atomic mass is 16.5. The monoisotopic (exact) mass is 673 g/mol. The average Bonchev–Trinajstić information content (AvgIpc) is 4.03. The lowest BCUT2D eigenvalue weighted by Gasteiger charge is -2.16. The van der Waals surface area contributed by atoms with Crippen LogP contribution in [0, 0.1) is 0 Å². The summed E-state index contributed by atoms with van der Waals surface area (Å²) in [6.45, 7) is 20.2. The number of hydrogen-bond donors (Lipinski definition) is 1. The number of likely N-dealkylation sites (tertiary alicyclic amines) is 2. The number of benzene rings is 3. The summed E-state index contributed by atoms with van der Waals surface area (Å²) < 4.78 is 5.40. The molecule has 4 heterocycles. The summed E-state index contributed by atoms with van der Waals surface area (Å²) in [4.78, 5) is 6.93. The minimum atomic E-state index is 0.292. The van der Waals surface area contributed by atoms with Crippen LogP contribution in [0.1, 0.15) is 95.2 Å². The van der Waals surface area contributed by atoms with Crippen LogP contribution < -0.4 is 5.32 Å². The van der Waals surface area contributed by atoms with Gasteiger partial charge in [-0.1, -0.05) is 145 Å². The van der Waals surface area contributed by atoms with E-state index in [9.17, 15) is 0 Å². The van der Waals surface area contributed by atoms with Crippen LogP contribution in [0.4, 0.5) is 0 Å². The zero-order chi connectivity index (χ0) is 36.3. The molecule has 5 nitrogen and oxygen atoms in total. The molecule has 0 aromatic heterocycles. The average molecular weight is 673 g/mol. The fourth-order valence-electron chi connectivity index (χ4n) is 6.39. The fraction of sp³-hybridized carbons (Fsp3) is 0.545. The third-order valence-corrected chi connectivity index (χ3v) is 9.02. The highest BCUT2D eigenvalue weighted by molar-refractivity contribution is 5.22. The van der Waals surface area contributed by atoms with Gasteiger partial charge in [0, 0.05) is 45.8 Å². The number of hydrogen-bond acceptors (Lipinski definition) is 5. The zero-order valence-electron chi connectivity index (χ0n) is 32.9. The zero-order valence-corrected chi connectivity index (χ0v) is 32.9. The van der Waals surface area contributed by atoms with Gasteiger partial charge in [-0.15, -0.1) is 0 Å². The number of likely N-dealkylation sites (N-methyl/N-ethyl adjacent to an activating group) is 3. The molecule has 4 unspecified atom stereocenters. The van der Waals surface area contributed by atoms with Crippen LogP contribution in [-0.4, -0.2) is 95.0 Å². The number of methoxy groups -OCH3 is 1. The first-order valence-electron chi connectivity index (χ1n) is 19.1. The second-order valence-corrected chi connectivity index (χ2v) is 12.4. The maximum Gasteiger partial charge on any atom is 0.110 e. The summed E-state index contributed by atoms with van der Waals surface area (Å²) in [7, 11) is 8.22. The van der Waals surface area contributed by atoms with Crippen molar-refractivity contribution in [3.8, 4) is 0 Å². The summed E-state index contributed by atoms with van der Waals surface area (Å²) in [6, 6.07) is 32.3. The first kappa shape index (κ1) is 44.2. The second kappa shape index (κ2) is 28.0. The van der Waals surface area contributed by atoms with E-state index in [2.05, 4.69) is 144 Å². The van der Waals surface area contributed by atoms with Crippen LogP contribution in [0.25, 0.3) is 0 Å². The molecule has 4 aliphatic heterocycles. The number of nitrogens with one attached hydrogen (secondary N) is 1. The van der Waals surface area contributed by atoms with Crippen molar-refractivity contribution in [1.29, 1.82) is 0 Å². The molecule has 0 amide bonds. The van der Waals surface area contributed by atoms with E-state index in [1.54, 1.807) is 7.11 Å². The third kappa shape index (κ3) is 17.1. The van der Waals surface area contributed by atoms with Crippen LogP contribution in [-0.2, 0) is 4.74 Å². The van der Waals surface area contributed by atoms with E-state index >= 15 is 0 Å². The van der Waals surface area contributed by atoms with E-state index in [0.717, 1.165) is 44.4 Å². The Labute approximate surface area is 302 Å². The van der Waals surface area contributed by atoms with Crippen molar-refractivity contribution in [2.75, 3.05) is 74.1 Å². The smallest absolute Gasteiger partial charge is 0.110 e. The van der Waals surface area contributed by atoms with Crippen molar-refractivity contribution in [1.82, 2.24) is 20.0 Å². The van der Waals surface area contributed by atoms with Gasteiger partial charge in [0.15, 0.2) is 0 Å². The molecule has 7 rings (SSSR count). The van der Waals surface area contributed by atoms with E-state index in [-0.39, 0.29) is 0 Å². The molecule has 49 heavy (non-hydrogen) atoms. The molecule has 0 radical (unpaired) electrons. The normalized spacial score (nSPS) is 22.6. The Kier molecular flexibility index (Phi) is 25.2. The third-order valence-electron chi connectivity index (χ3n) is 9.02. The Morgan fingerprint density at radius 1 is 0.571 bits per heavy atom. The van der Waals surface area contributed by atoms with Crippen LogP contribution in [0.5, 0.6) is 0 Å². The van der Waals surface area contributed by atoms with E-state index in [1.807, 2.05) is 41.5 Å². The molecule has 274 valence electrons. The standard InChI is InChI=1S/C12H17NO.C11H15N.C10H13N.C5H9N.3C2H6/c1-13-9-11(8-12(13)14-2)10-6-4-3-5-7-10;1-12-8-7-11(9-12)10-5-3-2-4-6-10;1-2-4-9(5-3-1)10-6-7-11-8-10;1-6-4-2-3-5-6;3*1-2/h3-7,11-12H,8-9H2,1-2H3;2-6,11H,7-9H2,1H3;1-5,10-11H,6-8H2;2-3H,4-5H2,1H3;3*1-2H3. The van der Waals surface area contributed by atoms with Gasteiger partial charge in [0.2, 0.25) is 0 Å². The molecular formula is C44H72N4O. The Bertz CT molecular complexity index is 1160. The maximum absolute atomic E-state index is 5.40. The van der Waals surface area contributed by atoms with Gasteiger partial charge in [0.05, 0.1) is 0 Å².